The van der Waals surface area contributed by atoms with Crippen LogP contribution in [0.25, 0.3) is 0 Å². The van der Waals surface area contributed by atoms with Gasteiger partial charge in [0.1, 0.15) is 6.61 Å². The van der Waals surface area contributed by atoms with Crippen LogP contribution in [-0.4, -0.2) is 16.7 Å². The molecule has 0 fully saturated rings. The van der Waals surface area contributed by atoms with Crippen molar-refractivity contribution in [2.75, 3.05) is 6.61 Å². The molecular formula is C10H15N3O2. The summed E-state index contributed by atoms with van der Waals surface area (Å²) in [6.07, 6.45) is 1.25. The molecule has 1 atom stereocenters. The van der Waals surface area contributed by atoms with E-state index in [1.807, 2.05) is 13.8 Å². The summed E-state index contributed by atoms with van der Waals surface area (Å²) >= 11 is 0. The minimum Gasteiger partial charge on any atom is -0.374 e. The molecule has 1 unspecified atom stereocenters. The van der Waals surface area contributed by atoms with Gasteiger partial charge in [0.15, 0.2) is 5.82 Å². The maximum absolute atomic E-state index is 8.45. The van der Waals surface area contributed by atoms with Gasteiger partial charge in [0.05, 0.1) is 6.07 Å². The molecule has 82 valence electrons. The molecular weight excluding hydrogens is 194 g/mol. The molecule has 0 saturated heterocycles. The summed E-state index contributed by atoms with van der Waals surface area (Å²) in [5.74, 6) is 1.28. The fraction of sp³-hybridized carbons (Fsp3) is 0.700. The van der Waals surface area contributed by atoms with Crippen LogP contribution in [0.5, 0.6) is 0 Å². The maximum atomic E-state index is 8.45. The third kappa shape index (κ3) is 3.68. The Morgan fingerprint density at radius 3 is 3.07 bits per heavy atom. The lowest BCUT2D eigenvalue weighted by Crippen LogP contribution is -1.96. The second-order valence-corrected chi connectivity index (χ2v) is 3.28. The van der Waals surface area contributed by atoms with E-state index in [9.17, 15) is 0 Å². The smallest absolute Gasteiger partial charge is 0.229 e. The van der Waals surface area contributed by atoms with Crippen molar-refractivity contribution in [3.05, 3.63) is 11.7 Å². The monoisotopic (exact) mass is 209 g/mol. The molecule has 0 radical (unpaired) electrons. The first kappa shape index (κ1) is 11.7. The number of ether oxygens (including phenoxy) is 1. The van der Waals surface area contributed by atoms with Gasteiger partial charge < -0.3 is 9.26 Å². The maximum Gasteiger partial charge on any atom is 0.229 e. The van der Waals surface area contributed by atoms with E-state index in [2.05, 4.69) is 16.2 Å². The number of nitriles is 1. The minimum atomic E-state index is 0.132. The van der Waals surface area contributed by atoms with Crippen LogP contribution in [0.4, 0.5) is 0 Å². The summed E-state index contributed by atoms with van der Waals surface area (Å²) < 4.78 is 10.2. The highest BCUT2D eigenvalue weighted by Gasteiger charge is 2.13. The van der Waals surface area contributed by atoms with Crippen molar-refractivity contribution in [3.63, 3.8) is 0 Å². The minimum absolute atomic E-state index is 0.132. The molecule has 5 heteroatoms. The van der Waals surface area contributed by atoms with Gasteiger partial charge in [0.25, 0.3) is 0 Å². The molecule has 0 amide bonds. The Morgan fingerprint density at radius 1 is 1.60 bits per heavy atom. The SMILES string of the molecule is CCOCc1noc(C(C)CCC#N)n1. The van der Waals surface area contributed by atoms with Crippen molar-refractivity contribution in [1.82, 2.24) is 10.1 Å². The average Bonchev–Trinajstić information content (AvgIpc) is 2.71. The van der Waals surface area contributed by atoms with Gasteiger partial charge in [-0.2, -0.15) is 10.2 Å². The van der Waals surface area contributed by atoms with Gasteiger partial charge in [-0.1, -0.05) is 12.1 Å². The fourth-order valence-electron chi connectivity index (χ4n) is 1.12. The number of rotatable bonds is 6. The molecule has 15 heavy (non-hydrogen) atoms. The summed E-state index contributed by atoms with van der Waals surface area (Å²) in [5, 5.41) is 12.2. The highest BCUT2D eigenvalue weighted by atomic mass is 16.5. The van der Waals surface area contributed by atoms with Crippen molar-refractivity contribution in [2.24, 2.45) is 0 Å². The average molecular weight is 209 g/mol. The molecule has 0 spiro atoms. The molecule has 0 N–H and O–H groups in total. The van der Waals surface area contributed by atoms with Crippen molar-refractivity contribution >= 4 is 0 Å². The molecule has 0 aliphatic heterocycles. The van der Waals surface area contributed by atoms with Gasteiger partial charge in [-0.05, 0) is 13.3 Å². The Bertz CT molecular complexity index is 330. The predicted octanol–water partition coefficient (Wildman–Crippen LogP) is 2.01. The topological polar surface area (TPSA) is 71.9 Å². The van der Waals surface area contributed by atoms with Crippen LogP contribution < -0.4 is 0 Å². The zero-order valence-electron chi connectivity index (χ0n) is 9.06. The third-order valence-corrected chi connectivity index (χ3v) is 2.03. The molecule has 1 aromatic rings. The van der Waals surface area contributed by atoms with E-state index in [-0.39, 0.29) is 5.92 Å². The summed E-state index contributed by atoms with van der Waals surface area (Å²) in [5.41, 5.74) is 0. The van der Waals surface area contributed by atoms with E-state index in [1.54, 1.807) is 0 Å². The summed E-state index contributed by atoms with van der Waals surface area (Å²) in [4.78, 5) is 4.19. The lowest BCUT2D eigenvalue weighted by Gasteiger charge is -2.00. The van der Waals surface area contributed by atoms with Crippen molar-refractivity contribution < 1.29 is 9.26 Å². The third-order valence-electron chi connectivity index (χ3n) is 2.03. The Hall–Kier alpha value is -1.41. The molecule has 0 bridgehead atoms. The van der Waals surface area contributed by atoms with Gasteiger partial charge in [-0.25, -0.2) is 0 Å². The summed E-state index contributed by atoms with van der Waals surface area (Å²) in [6, 6.07) is 2.09. The number of nitrogens with zero attached hydrogens (tertiary/aromatic N) is 3. The zero-order chi connectivity index (χ0) is 11.1. The number of hydrogen-bond donors (Lipinski definition) is 0. The zero-order valence-corrected chi connectivity index (χ0v) is 9.06. The second kappa shape index (κ2) is 6.14. The fourth-order valence-corrected chi connectivity index (χ4v) is 1.12. The molecule has 0 aromatic carbocycles. The molecule has 0 aliphatic carbocycles. The van der Waals surface area contributed by atoms with E-state index in [0.29, 0.717) is 31.3 Å². The molecule has 1 rings (SSSR count). The van der Waals surface area contributed by atoms with E-state index in [0.717, 1.165) is 6.42 Å². The van der Waals surface area contributed by atoms with Crippen LogP contribution in [0.1, 0.15) is 44.3 Å². The van der Waals surface area contributed by atoms with E-state index >= 15 is 0 Å². The van der Waals surface area contributed by atoms with Crippen LogP contribution in [0, 0.1) is 11.3 Å². The van der Waals surface area contributed by atoms with Gasteiger partial charge in [0, 0.05) is 18.9 Å². The first-order valence-corrected chi connectivity index (χ1v) is 5.05. The van der Waals surface area contributed by atoms with Gasteiger partial charge in [0.2, 0.25) is 5.89 Å². The van der Waals surface area contributed by atoms with Crippen LogP contribution in [0.2, 0.25) is 0 Å². The Labute approximate surface area is 89.0 Å². The highest BCUT2D eigenvalue weighted by Crippen LogP contribution is 2.18. The van der Waals surface area contributed by atoms with Crippen molar-refractivity contribution in [1.29, 1.82) is 5.26 Å². The lowest BCUT2D eigenvalue weighted by molar-refractivity contribution is 0.126. The lowest BCUT2D eigenvalue weighted by atomic mass is 10.1. The van der Waals surface area contributed by atoms with E-state index in [1.165, 1.54) is 0 Å². The summed E-state index contributed by atoms with van der Waals surface area (Å²) in [6.45, 7) is 4.89. The predicted molar refractivity (Wildman–Crippen MR) is 52.9 cm³/mol. The Kier molecular flexibility index (Phi) is 4.78. The van der Waals surface area contributed by atoms with Crippen LogP contribution in [0.15, 0.2) is 4.52 Å². The molecule has 5 nitrogen and oxygen atoms in total. The quantitative estimate of drug-likeness (QED) is 0.716. The van der Waals surface area contributed by atoms with E-state index < -0.39 is 0 Å². The second-order valence-electron chi connectivity index (χ2n) is 3.28. The normalized spacial score (nSPS) is 12.3. The van der Waals surface area contributed by atoms with Crippen LogP contribution in [-0.2, 0) is 11.3 Å². The highest BCUT2D eigenvalue weighted by molar-refractivity contribution is 4.92. The molecule has 0 aliphatic rings. The Balaban J connectivity index is 2.48. The van der Waals surface area contributed by atoms with Crippen molar-refractivity contribution in [2.45, 2.75) is 39.2 Å². The first-order chi connectivity index (χ1) is 7.27. The van der Waals surface area contributed by atoms with Gasteiger partial charge in [-0.15, -0.1) is 0 Å². The van der Waals surface area contributed by atoms with Gasteiger partial charge >= 0.3 is 0 Å². The number of aromatic nitrogens is 2. The molecule has 1 heterocycles. The molecule has 0 saturated carbocycles. The van der Waals surface area contributed by atoms with Crippen molar-refractivity contribution in [3.8, 4) is 6.07 Å². The van der Waals surface area contributed by atoms with E-state index in [4.69, 9.17) is 14.5 Å². The first-order valence-electron chi connectivity index (χ1n) is 5.05. The van der Waals surface area contributed by atoms with Crippen LogP contribution in [0.3, 0.4) is 0 Å². The largest absolute Gasteiger partial charge is 0.374 e. The standard InChI is InChI=1S/C10H15N3O2/c1-3-14-7-9-12-10(15-13-9)8(2)5-4-6-11/h8H,3-5,7H2,1-2H3. The summed E-state index contributed by atoms with van der Waals surface area (Å²) in [7, 11) is 0. The van der Waals surface area contributed by atoms with Crippen LogP contribution >= 0.6 is 0 Å². The number of hydrogen-bond acceptors (Lipinski definition) is 5. The van der Waals surface area contributed by atoms with Gasteiger partial charge in [-0.3, -0.25) is 0 Å². The molecule has 1 aromatic heterocycles. The Morgan fingerprint density at radius 2 is 2.40 bits per heavy atom.